The van der Waals surface area contributed by atoms with Gasteiger partial charge in [0.1, 0.15) is 11.8 Å². The summed E-state index contributed by atoms with van der Waals surface area (Å²) in [7, 11) is 1.59. The van der Waals surface area contributed by atoms with Crippen LogP contribution in [0.5, 0.6) is 5.75 Å². The molecule has 1 atom stereocenters. The molecule has 5 rings (SSSR count). The molecule has 0 aliphatic carbocycles. The summed E-state index contributed by atoms with van der Waals surface area (Å²) in [6.07, 6.45) is 3.31. The fraction of sp³-hybridized carbons (Fsp3) is 0.303. The number of nitrogens with zero attached hydrogens (tertiary/aromatic N) is 3. The molecule has 0 saturated carbocycles. The zero-order chi connectivity index (χ0) is 30.1. The number of carbonyl (C=O) groups excluding carboxylic acids is 1. The zero-order valence-corrected chi connectivity index (χ0v) is 27.6. The van der Waals surface area contributed by atoms with Crippen molar-refractivity contribution in [3.8, 4) is 11.4 Å². The lowest BCUT2D eigenvalue weighted by Crippen LogP contribution is -2.40. The second-order valence-corrected chi connectivity index (χ2v) is 12.4. The van der Waals surface area contributed by atoms with Crippen molar-refractivity contribution in [2.24, 2.45) is 4.99 Å². The van der Waals surface area contributed by atoms with E-state index in [4.69, 9.17) is 14.5 Å². The van der Waals surface area contributed by atoms with Crippen LogP contribution in [0.3, 0.4) is 0 Å². The Labute approximate surface area is 263 Å². The van der Waals surface area contributed by atoms with E-state index in [-0.39, 0.29) is 12.2 Å². The zero-order valence-electron chi connectivity index (χ0n) is 24.7. The number of hydrogen-bond donors (Lipinski definition) is 0. The fourth-order valence-corrected chi connectivity index (χ4v) is 7.01. The third-order valence-electron chi connectivity index (χ3n) is 7.50. The van der Waals surface area contributed by atoms with Crippen LogP contribution < -0.4 is 19.6 Å². The minimum absolute atomic E-state index is 0.207. The quantitative estimate of drug-likeness (QED) is 0.170. The first-order valence-electron chi connectivity index (χ1n) is 14.0. The third-order valence-corrected chi connectivity index (χ3v) is 9.64. The van der Waals surface area contributed by atoms with Crippen LogP contribution >= 0.6 is 33.9 Å². The predicted molar refractivity (Wildman–Crippen MR) is 175 cm³/mol. The van der Waals surface area contributed by atoms with Gasteiger partial charge in [0.05, 0.1) is 29.5 Å². The number of carbonyl (C=O) groups is 1. The molecule has 0 unspecified atom stereocenters. The summed E-state index contributed by atoms with van der Waals surface area (Å²) >= 11 is 3.70. The third kappa shape index (κ3) is 5.40. The number of esters is 1. The molecule has 0 fully saturated rings. The molecule has 9 heteroatoms. The highest BCUT2D eigenvalue weighted by Crippen LogP contribution is 2.37. The lowest BCUT2D eigenvalue weighted by Gasteiger charge is -2.26. The normalized spacial score (nSPS) is 15.0. The van der Waals surface area contributed by atoms with Crippen LogP contribution in [-0.4, -0.2) is 28.8 Å². The van der Waals surface area contributed by atoms with Gasteiger partial charge in [-0.3, -0.25) is 9.36 Å². The minimum Gasteiger partial charge on any atom is -0.496 e. The molecule has 1 aliphatic heterocycles. The van der Waals surface area contributed by atoms with Crippen molar-refractivity contribution in [1.29, 1.82) is 0 Å². The maximum atomic E-state index is 14.2. The molecule has 0 bridgehead atoms. The van der Waals surface area contributed by atoms with Gasteiger partial charge in [0.2, 0.25) is 0 Å². The van der Waals surface area contributed by atoms with Crippen molar-refractivity contribution in [3.63, 3.8) is 0 Å². The maximum absolute atomic E-state index is 14.2. The summed E-state index contributed by atoms with van der Waals surface area (Å²) in [5, 5.41) is 0. The van der Waals surface area contributed by atoms with Crippen molar-refractivity contribution < 1.29 is 14.3 Å². The van der Waals surface area contributed by atoms with E-state index in [1.165, 1.54) is 20.5 Å². The van der Waals surface area contributed by atoms with Crippen molar-refractivity contribution in [2.45, 2.75) is 53.5 Å². The summed E-state index contributed by atoms with van der Waals surface area (Å²) in [5.74, 6) is 0.124. The van der Waals surface area contributed by atoms with E-state index in [2.05, 4.69) is 72.2 Å². The summed E-state index contributed by atoms with van der Waals surface area (Å²) in [6.45, 7) is 10.3. The number of fused-ring (bicyclic) bond motifs is 1. The van der Waals surface area contributed by atoms with Gasteiger partial charge in [0.25, 0.3) is 5.56 Å². The predicted octanol–water partition coefficient (Wildman–Crippen LogP) is 5.91. The largest absolute Gasteiger partial charge is 0.496 e. The monoisotopic (exact) mass is 695 g/mol. The van der Waals surface area contributed by atoms with Gasteiger partial charge in [-0.15, -0.1) is 0 Å². The van der Waals surface area contributed by atoms with E-state index in [1.54, 1.807) is 18.6 Å². The molecule has 0 radical (unpaired) electrons. The maximum Gasteiger partial charge on any atom is 0.338 e. The summed E-state index contributed by atoms with van der Waals surface area (Å²) in [5.41, 5.74) is 6.93. The van der Waals surface area contributed by atoms with Gasteiger partial charge in [-0.05, 0) is 98.2 Å². The highest BCUT2D eigenvalue weighted by molar-refractivity contribution is 14.1. The molecule has 2 aromatic carbocycles. The first-order valence-corrected chi connectivity index (χ1v) is 15.9. The molecule has 0 spiro atoms. The molecule has 2 aromatic heterocycles. The number of benzene rings is 2. The standard InChI is InChI=1S/C33H34IN3O4S/c1-7-11-26-29(32(39)41-8-2)30(24-12-9-10-13-27(24)40-6)37-31(38)28(42-33(37)35-26)17-22-16-20(4)36(21(22)5)23-15-14-19(3)25(34)18-23/h9-10,12-18,30H,7-8,11H2,1-6H3/b28-17-/t30-/m0/s1. The van der Waals surface area contributed by atoms with Gasteiger partial charge in [-0.2, -0.15) is 0 Å². The van der Waals surface area contributed by atoms with E-state index in [0.29, 0.717) is 38.3 Å². The molecule has 218 valence electrons. The number of para-hydroxylation sites is 1. The Morgan fingerprint density at radius 3 is 2.57 bits per heavy atom. The van der Waals surface area contributed by atoms with Crippen LogP contribution in [0.1, 0.15) is 60.8 Å². The minimum atomic E-state index is -0.720. The Bertz CT molecular complexity index is 1900. The summed E-state index contributed by atoms with van der Waals surface area (Å²) in [6, 6.07) is 15.3. The van der Waals surface area contributed by atoms with Crippen molar-refractivity contribution >= 4 is 46.0 Å². The van der Waals surface area contributed by atoms with E-state index in [0.717, 1.165) is 29.1 Å². The SMILES string of the molecule is CCCC1=C(C(=O)OCC)[C@H](c2ccccc2OC)n2c(s/c(=C\c3cc(C)n(-c4ccc(C)c(I)c4)c3C)c2=O)=N1. The first-order chi connectivity index (χ1) is 20.2. The highest BCUT2D eigenvalue weighted by Gasteiger charge is 2.35. The molecule has 0 saturated heterocycles. The Hall–Kier alpha value is -3.44. The Balaban J connectivity index is 1.74. The van der Waals surface area contributed by atoms with Crippen molar-refractivity contribution in [2.75, 3.05) is 13.7 Å². The Kier molecular flexibility index (Phi) is 8.89. The van der Waals surface area contributed by atoms with Gasteiger partial charge < -0.3 is 14.0 Å². The van der Waals surface area contributed by atoms with Gasteiger partial charge >= 0.3 is 5.97 Å². The van der Waals surface area contributed by atoms with Crippen LogP contribution in [0.15, 0.2) is 69.6 Å². The molecule has 1 aliphatic rings. The molecule has 0 amide bonds. The molecule has 42 heavy (non-hydrogen) atoms. The molecule has 3 heterocycles. The van der Waals surface area contributed by atoms with Crippen molar-refractivity contribution in [1.82, 2.24) is 9.13 Å². The number of thiazole rings is 1. The topological polar surface area (TPSA) is 74.8 Å². The number of allylic oxidation sites excluding steroid dienone is 1. The van der Waals surface area contributed by atoms with E-state index in [1.807, 2.05) is 37.3 Å². The second kappa shape index (κ2) is 12.4. The molecular weight excluding hydrogens is 661 g/mol. The van der Waals surface area contributed by atoms with Crippen LogP contribution in [0.4, 0.5) is 0 Å². The lowest BCUT2D eigenvalue weighted by molar-refractivity contribution is -0.139. The van der Waals surface area contributed by atoms with Crippen LogP contribution in [0.2, 0.25) is 0 Å². The Morgan fingerprint density at radius 2 is 1.88 bits per heavy atom. The smallest absolute Gasteiger partial charge is 0.338 e. The van der Waals surface area contributed by atoms with Gasteiger partial charge in [-0.25, -0.2) is 9.79 Å². The van der Waals surface area contributed by atoms with Gasteiger partial charge in [-0.1, -0.05) is 48.9 Å². The van der Waals surface area contributed by atoms with Gasteiger partial charge in [0.15, 0.2) is 4.80 Å². The number of hydrogen-bond acceptors (Lipinski definition) is 6. The Morgan fingerprint density at radius 1 is 1.12 bits per heavy atom. The van der Waals surface area contributed by atoms with Crippen LogP contribution in [0.25, 0.3) is 11.8 Å². The highest BCUT2D eigenvalue weighted by atomic mass is 127. The molecule has 4 aromatic rings. The van der Waals surface area contributed by atoms with Crippen molar-refractivity contribution in [3.05, 3.63) is 111 Å². The number of aryl methyl sites for hydroxylation is 2. The van der Waals surface area contributed by atoms with Crippen LogP contribution in [0, 0.1) is 24.3 Å². The fourth-order valence-electron chi connectivity index (χ4n) is 5.50. The average molecular weight is 696 g/mol. The second-order valence-electron chi connectivity index (χ2n) is 10.3. The number of aromatic nitrogens is 2. The van der Waals surface area contributed by atoms with E-state index >= 15 is 0 Å². The lowest BCUT2D eigenvalue weighted by atomic mass is 9.93. The number of methoxy groups -OCH3 is 1. The van der Waals surface area contributed by atoms with E-state index < -0.39 is 12.0 Å². The summed E-state index contributed by atoms with van der Waals surface area (Å²) < 4.78 is 16.8. The average Bonchev–Trinajstić information content (AvgIpc) is 3.43. The summed E-state index contributed by atoms with van der Waals surface area (Å²) in [4.78, 5) is 33.1. The molecular formula is C33H34IN3O4S. The van der Waals surface area contributed by atoms with Crippen LogP contribution in [-0.2, 0) is 9.53 Å². The number of rotatable bonds is 8. The number of halogens is 1. The van der Waals surface area contributed by atoms with E-state index in [9.17, 15) is 9.59 Å². The first kappa shape index (κ1) is 30.0. The molecule has 7 nitrogen and oxygen atoms in total. The molecule has 0 N–H and O–H groups in total. The van der Waals surface area contributed by atoms with Gasteiger partial charge in [0, 0.05) is 26.2 Å². The number of ether oxygens (including phenoxy) is 2.